The van der Waals surface area contributed by atoms with Crippen LogP contribution in [0.25, 0.3) is 0 Å². The van der Waals surface area contributed by atoms with E-state index >= 15 is 0 Å². The minimum absolute atomic E-state index is 0.0527. The number of hydrogen-bond acceptors (Lipinski definition) is 5. The monoisotopic (exact) mass is 342 g/mol. The summed E-state index contributed by atoms with van der Waals surface area (Å²) < 4.78 is 25.0. The standard InChI is InChI=1S/C14H22N4O4S/c1-4-23(21,22)18-7-5-17(6-8-18)13(19)9-12-10(2)14(20)16-11(3)15-12/h4-9H2,1-3H3,(H,15,16,20). The van der Waals surface area contributed by atoms with Gasteiger partial charge in [0.25, 0.3) is 5.56 Å². The van der Waals surface area contributed by atoms with Crippen LogP contribution in [0.3, 0.4) is 0 Å². The molecule has 1 amide bonds. The molecule has 0 spiro atoms. The summed E-state index contributed by atoms with van der Waals surface area (Å²) in [6.07, 6.45) is 0.0527. The lowest BCUT2D eigenvalue weighted by molar-refractivity contribution is -0.131. The van der Waals surface area contributed by atoms with E-state index in [4.69, 9.17) is 0 Å². The summed E-state index contributed by atoms with van der Waals surface area (Å²) in [4.78, 5) is 32.5. The molecule has 1 aromatic heterocycles. The molecule has 1 aliphatic rings. The predicted octanol–water partition coefficient (Wildman–Crippen LogP) is -0.577. The van der Waals surface area contributed by atoms with E-state index in [0.717, 1.165) is 0 Å². The Balaban J connectivity index is 2.03. The van der Waals surface area contributed by atoms with E-state index in [9.17, 15) is 18.0 Å². The zero-order chi connectivity index (χ0) is 17.2. The second kappa shape index (κ2) is 6.79. The number of amides is 1. The number of rotatable bonds is 4. The molecule has 0 atom stereocenters. The van der Waals surface area contributed by atoms with E-state index in [-0.39, 0.29) is 23.6 Å². The van der Waals surface area contributed by atoms with Crippen LogP contribution in [0.15, 0.2) is 4.79 Å². The van der Waals surface area contributed by atoms with Gasteiger partial charge < -0.3 is 9.88 Å². The number of nitrogens with one attached hydrogen (secondary N) is 1. The number of aromatic nitrogens is 2. The minimum Gasteiger partial charge on any atom is -0.340 e. The number of sulfonamides is 1. The molecule has 1 aliphatic heterocycles. The number of aryl methyl sites for hydroxylation is 1. The van der Waals surface area contributed by atoms with Crippen molar-refractivity contribution in [2.45, 2.75) is 27.2 Å². The number of nitrogens with zero attached hydrogens (tertiary/aromatic N) is 3. The van der Waals surface area contributed by atoms with Gasteiger partial charge in [0.15, 0.2) is 0 Å². The molecule has 0 saturated carbocycles. The summed E-state index contributed by atoms with van der Waals surface area (Å²) >= 11 is 0. The Morgan fingerprint density at radius 3 is 2.39 bits per heavy atom. The third kappa shape index (κ3) is 3.97. The second-order valence-electron chi connectivity index (χ2n) is 5.58. The molecule has 1 fully saturated rings. The Morgan fingerprint density at radius 1 is 1.22 bits per heavy atom. The number of H-pyrrole nitrogens is 1. The Hall–Kier alpha value is -1.74. The van der Waals surface area contributed by atoms with E-state index in [1.807, 2.05) is 0 Å². The molecule has 1 saturated heterocycles. The highest BCUT2D eigenvalue weighted by Crippen LogP contribution is 2.10. The maximum Gasteiger partial charge on any atom is 0.254 e. The molecule has 9 heteroatoms. The SMILES string of the molecule is CCS(=O)(=O)N1CCN(C(=O)Cc2nc(C)[nH]c(=O)c2C)CC1. The molecular weight excluding hydrogens is 320 g/mol. The van der Waals surface area contributed by atoms with Crippen LogP contribution in [0.4, 0.5) is 0 Å². The number of hydrogen-bond donors (Lipinski definition) is 1. The van der Waals surface area contributed by atoms with Gasteiger partial charge in [-0.1, -0.05) is 0 Å². The van der Waals surface area contributed by atoms with Crippen molar-refractivity contribution < 1.29 is 13.2 Å². The van der Waals surface area contributed by atoms with Crippen LogP contribution in [0.5, 0.6) is 0 Å². The molecule has 0 unspecified atom stereocenters. The number of carbonyl (C=O) groups excluding carboxylic acids is 1. The van der Waals surface area contributed by atoms with Gasteiger partial charge in [0, 0.05) is 31.7 Å². The van der Waals surface area contributed by atoms with Crippen LogP contribution in [0, 0.1) is 13.8 Å². The fourth-order valence-electron chi connectivity index (χ4n) is 2.53. The molecule has 0 aliphatic carbocycles. The molecule has 0 aromatic carbocycles. The molecule has 2 rings (SSSR count). The minimum atomic E-state index is -3.21. The molecule has 1 aromatic rings. The van der Waals surface area contributed by atoms with Crippen molar-refractivity contribution in [1.29, 1.82) is 0 Å². The van der Waals surface area contributed by atoms with Crippen LogP contribution in [0.2, 0.25) is 0 Å². The molecule has 0 bridgehead atoms. The van der Waals surface area contributed by atoms with Gasteiger partial charge >= 0.3 is 0 Å². The zero-order valence-corrected chi connectivity index (χ0v) is 14.4. The average molecular weight is 342 g/mol. The highest BCUT2D eigenvalue weighted by molar-refractivity contribution is 7.89. The topological polar surface area (TPSA) is 103 Å². The zero-order valence-electron chi connectivity index (χ0n) is 13.6. The molecule has 8 nitrogen and oxygen atoms in total. The van der Waals surface area contributed by atoms with E-state index in [2.05, 4.69) is 9.97 Å². The van der Waals surface area contributed by atoms with Crippen LogP contribution in [0.1, 0.15) is 24.0 Å². The highest BCUT2D eigenvalue weighted by Gasteiger charge is 2.28. The fraction of sp³-hybridized carbons (Fsp3) is 0.643. The smallest absolute Gasteiger partial charge is 0.254 e. The average Bonchev–Trinajstić information content (AvgIpc) is 2.52. The fourth-order valence-corrected chi connectivity index (χ4v) is 3.61. The van der Waals surface area contributed by atoms with Gasteiger partial charge in [0.2, 0.25) is 15.9 Å². The van der Waals surface area contributed by atoms with Crippen molar-refractivity contribution >= 4 is 15.9 Å². The number of carbonyl (C=O) groups is 1. The van der Waals surface area contributed by atoms with Gasteiger partial charge in [-0.2, -0.15) is 4.31 Å². The van der Waals surface area contributed by atoms with E-state index in [1.54, 1.807) is 25.7 Å². The first-order chi connectivity index (χ1) is 10.7. The molecule has 0 radical (unpaired) electrons. The van der Waals surface area contributed by atoms with Gasteiger partial charge in [-0.05, 0) is 20.8 Å². The number of piperazine rings is 1. The maximum atomic E-state index is 12.4. The first kappa shape index (κ1) is 17.6. The van der Waals surface area contributed by atoms with E-state index < -0.39 is 10.0 Å². The first-order valence-electron chi connectivity index (χ1n) is 7.56. The van der Waals surface area contributed by atoms with Crippen molar-refractivity contribution in [1.82, 2.24) is 19.2 Å². The van der Waals surface area contributed by atoms with Gasteiger partial charge in [0.05, 0.1) is 17.9 Å². The molecule has 2 heterocycles. The molecule has 1 N–H and O–H groups in total. The van der Waals surface area contributed by atoms with Gasteiger partial charge in [-0.25, -0.2) is 13.4 Å². The van der Waals surface area contributed by atoms with Crippen molar-refractivity contribution in [3.8, 4) is 0 Å². The Labute approximate surface area is 135 Å². The maximum absolute atomic E-state index is 12.4. The van der Waals surface area contributed by atoms with Gasteiger partial charge in [0.1, 0.15) is 5.82 Å². The van der Waals surface area contributed by atoms with Crippen LogP contribution >= 0.6 is 0 Å². The van der Waals surface area contributed by atoms with Crippen LogP contribution < -0.4 is 5.56 Å². The lowest BCUT2D eigenvalue weighted by atomic mass is 10.1. The summed E-state index contributed by atoms with van der Waals surface area (Å²) in [6.45, 7) is 6.25. The molecule has 23 heavy (non-hydrogen) atoms. The molecular formula is C14H22N4O4S. The predicted molar refractivity (Wildman–Crippen MR) is 85.6 cm³/mol. The van der Waals surface area contributed by atoms with Gasteiger partial charge in [-0.15, -0.1) is 0 Å². The van der Waals surface area contributed by atoms with E-state index in [1.165, 1.54) is 4.31 Å². The Morgan fingerprint density at radius 2 is 1.83 bits per heavy atom. The second-order valence-corrected chi connectivity index (χ2v) is 7.84. The summed E-state index contributed by atoms with van der Waals surface area (Å²) in [6, 6.07) is 0. The third-order valence-corrected chi connectivity index (χ3v) is 5.92. The summed E-state index contributed by atoms with van der Waals surface area (Å²) in [5, 5.41) is 0. The largest absolute Gasteiger partial charge is 0.340 e. The summed E-state index contributed by atoms with van der Waals surface area (Å²) in [7, 11) is -3.21. The highest BCUT2D eigenvalue weighted by atomic mass is 32.2. The van der Waals surface area contributed by atoms with Crippen molar-refractivity contribution in [3.63, 3.8) is 0 Å². The van der Waals surface area contributed by atoms with Crippen molar-refractivity contribution in [2.24, 2.45) is 0 Å². The van der Waals surface area contributed by atoms with Gasteiger partial charge in [-0.3, -0.25) is 9.59 Å². The normalized spacial score (nSPS) is 16.6. The van der Waals surface area contributed by atoms with Crippen LogP contribution in [-0.2, 0) is 21.2 Å². The lowest BCUT2D eigenvalue weighted by Crippen LogP contribution is -2.51. The summed E-state index contributed by atoms with van der Waals surface area (Å²) in [5.41, 5.74) is 0.676. The Kier molecular flexibility index (Phi) is 5.20. The quantitative estimate of drug-likeness (QED) is 0.789. The third-order valence-electron chi connectivity index (χ3n) is 4.04. The molecule has 128 valence electrons. The van der Waals surface area contributed by atoms with E-state index in [0.29, 0.717) is 43.3 Å². The number of aromatic amines is 1. The van der Waals surface area contributed by atoms with Crippen molar-refractivity contribution in [2.75, 3.05) is 31.9 Å². The summed E-state index contributed by atoms with van der Waals surface area (Å²) in [5.74, 6) is 0.400. The Bertz CT molecular complexity index is 749. The van der Waals surface area contributed by atoms with Crippen molar-refractivity contribution in [3.05, 3.63) is 27.4 Å². The van der Waals surface area contributed by atoms with Crippen LogP contribution in [-0.4, -0.2) is 65.4 Å². The first-order valence-corrected chi connectivity index (χ1v) is 9.17. The lowest BCUT2D eigenvalue weighted by Gasteiger charge is -2.33.